The van der Waals surface area contributed by atoms with E-state index >= 15 is 0 Å². The molecule has 1 aromatic rings. The van der Waals surface area contributed by atoms with Gasteiger partial charge >= 0.3 is 0 Å². The smallest absolute Gasteiger partial charge is 0.246 e. The molecule has 3 rings (SSSR count). The molecule has 1 saturated carbocycles. The van der Waals surface area contributed by atoms with Crippen LogP contribution in [-0.4, -0.2) is 41.6 Å². The second-order valence-corrected chi connectivity index (χ2v) is 7.87. The highest BCUT2D eigenvalue weighted by atomic mass is 32.2. The standard InChI is InChI=1S/C13H22N4O2S/c1-2-5-16-9-12(6-15-16)20(18,19)17-7-10-3-4-11(8-17)13(10)14/h6,9-11,13H,2-5,7-8,14H2,1H3/t10-,11+,13?. The van der Waals surface area contributed by atoms with Gasteiger partial charge in [-0.2, -0.15) is 9.40 Å². The maximum Gasteiger partial charge on any atom is 0.246 e. The van der Waals surface area contributed by atoms with Crippen LogP contribution in [0.3, 0.4) is 0 Å². The number of nitrogens with zero attached hydrogens (tertiary/aromatic N) is 3. The Labute approximate surface area is 120 Å². The molecule has 0 aromatic carbocycles. The normalized spacial score (nSPS) is 30.8. The summed E-state index contributed by atoms with van der Waals surface area (Å²) in [5.74, 6) is 0.628. The largest absolute Gasteiger partial charge is 0.327 e. The number of nitrogens with two attached hydrogens (primary N) is 1. The minimum atomic E-state index is -3.41. The molecule has 0 spiro atoms. The summed E-state index contributed by atoms with van der Waals surface area (Å²) in [7, 11) is -3.41. The Morgan fingerprint density at radius 2 is 2.00 bits per heavy atom. The number of rotatable bonds is 4. The van der Waals surface area contributed by atoms with Crippen molar-refractivity contribution in [2.75, 3.05) is 13.1 Å². The number of aromatic nitrogens is 2. The quantitative estimate of drug-likeness (QED) is 0.885. The molecule has 1 aromatic heterocycles. The van der Waals surface area contributed by atoms with Crippen LogP contribution in [0.1, 0.15) is 26.2 Å². The molecule has 2 fully saturated rings. The molecule has 0 radical (unpaired) electrons. The number of fused-ring (bicyclic) bond motifs is 2. The summed E-state index contributed by atoms with van der Waals surface area (Å²) in [5.41, 5.74) is 6.13. The molecule has 1 aliphatic carbocycles. The molecule has 2 aliphatic rings. The summed E-state index contributed by atoms with van der Waals surface area (Å²) in [6, 6.07) is 0.171. The first-order valence-electron chi connectivity index (χ1n) is 7.30. The van der Waals surface area contributed by atoms with E-state index in [2.05, 4.69) is 5.10 Å². The number of aryl methyl sites for hydroxylation is 1. The van der Waals surface area contributed by atoms with Crippen molar-refractivity contribution in [2.45, 2.75) is 43.7 Å². The van der Waals surface area contributed by atoms with Crippen molar-refractivity contribution in [3.63, 3.8) is 0 Å². The fourth-order valence-corrected chi connectivity index (χ4v) is 4.90. The van der Waals surface area contributed by atoms with Crippen LogP contribution < -0.4 is 5.73 Å². The maximum atomic E-state index is 12.7. The molecule has 3 atom stereocenters. The zero-order valence-electron chi connectivity index (χ0n) is 11.8. The van der Waals surface area contributed by atoms with Gasteiger partial charge in [0.15, 0.2) is 0 Å². The molecule has 7 heteroatoms. The van der Waals surface area contributed by atoms with E-state index in [0.717, 1.165) is 25.8 Å². The van der Waals surface area contributed by atoms with Gasteiger partial charge in [-0.3, -0.25) is 4.68 Å². The van der Waals surface area contributed by atoms with Crippen molar-refractivity contribution in [1.29, 1.82) is 0 Å². The summed E-state index contributed by atoms with van der Waals surface area (Å²) in [5, 5.41) is 4.12. The topological polar surface area (TPSA) is 81.2 Å². The lowest BCUT2D eigenvalue weighted by Gasteiger charge is -2.34. The summed E-state index contributed by atoms with van der Waals surface area (Å²) in [6.45, 7) is 3.89. The molecular formula is C13H22N4O2S. The molecule has 2 heterocycles. The van der Waals surface area contributed by atoms with Gasteiger partial charge in [-0.25, -0.2) is 8.42 Å². The van der Waals surface area contributed by atoms with E-state index in [1.54, 1.807) is 15.2 Å². The van der Waals surface area contributed by atoms with E-state index in [1.165, 1.54) is 6.20 Å². The highest BCUT2D eigenvalue weighted by Gasteiger charge is 2.43. The lowest BCUT2D eigenvalue weighted by Crippen LogP contribution is -2.50. The molecule has 1 unspecified atom stereocenters. The van der Waals surface area contributed by atoms with Gasteiger partial charge in [-0.1, -0.05) is 6.92 Å². The third-order valence-corrected chi connectivity index (χ3v) is 6.36. The molecule has 112 valence electrons. The molecule has 6 nitrogen and oxygen atoms in total. The molecule has 2 N–H and O–H groups in total. The first-order valence-corrected chi connectivity index (χ1v) is 8.74. The maximum absolute atomic E-state index is 12.7. The predicted octanol–water partition coefficient (Wildman–Crippen LogP) is 0.651. The van der Waals surface area contributed by atoms with E-state index in [9.17, 15) is 8.42 Å². The summed E-state index contributed by atoms with van der Waals surface area (Å²) in [6.07, 6.45) is 6.13. The van der Waals surface area contributed by atoms with Crippen LogP contribution in [0.15, 0.2) is 17.3 Å². The molecule has 1 aliphatic heterocycles. The fourth-order valence-electron chi connectivity index (χ4n) is 3.40. The molecular weight excluding hydrogens is 276 g/mol. The van der Waals surface area contributed by atoms with Crippen LogP contribution in [0, 0.1) is 11.8 Å². The van der Waals surface area contributed by atoms with Gasteiger partial charge in [0.1, 0.15) is 4.90 Å². The summed E-state index contributed by atoms with van der Waals surface area (Å²) >= 11 is 0. The molecule has 1 saturated heterocycles. The Balaban J connectivity index is 1.81. The van der Waals surface area contributed by atoms with Crippen LogP contribution in [0.5, 0.6) is 0 Å². The predicted molar refractivity (Wildman–Crippen MR) is 75.5 cm³/mol. The van der Waals surface area contributed by atoms with Crippen molar-refractivity contribution >= 4 is 10.0 Å². The van der Waals surface area contributed by atoms with Gasteiger partial charge in [0, 0.05) is 31.9 Å². The molecule has 2 bridgehead atoms. The first kappa shape index (κ1) is 14.0. The second kappa shape index (κ2) is 5.13. The zero-order valence-corrected chi connectivity index (χ0v) is 12.6. The van der Waals surface area contributed by atoms with Crippen LogP contribution in [0.4, 0.5) is 0 Å². The van der Waals surface area contributed by atoms with E-state index in [-0.39, 0.29) is 6.04 Å². The summed E-state index contributed by atoms with van der Waals surface area (Å²) in [4.78, 5) is 0.306. The number of sulfonamides is 1. The van der Waals surface area contributed by atoms with E-state index in [1.807, 2.05) is 6.92 Å². The number of hydrogen-bond acceptors (Lipinski definition) is 4. The SMILES string of the molecule is CCCn1cc(S(=O)(=O)N2C[C@H]3CC[C@@H](C2)C3N)cn1. The van der Waals surface area contributed by atoms with Crippen LogP contribution in [0.2, 0.25) is 0 Å². The summed E-state index contributed by atoms with van der Waals surface area (Å²) < 4.78 is 28.6. The highest BCUT2D eigenvalue weighted by Crippen LogP contribution is 2.37. The van der Waals surface area contributed by atoms with Crippen LogP contribution in [-0.2, 0) is 16.6 Å². The van der Waals surface area contributed by atoms with Gasteiger partial charge in [-0.15, -0.1) is 0 Å². The molecule has 20 heavy (non-hydrogen) atoms. The Kier molecular flexibility index (Phi) is 3.60. The average molecular weight is 298 g/mol. The lowest BCUT2D eigenvalue weighted by molar-refractivity contribution is 0.228. The Morgan fingerprint density at radius 3 is 2.60 bits per heavy atom. The lowest BCUT2D eigenvalue weighted by atomic mass is 9.95. The van der Waals surface area contributed by atoms with Gasteiger partial charge in [0.25, 0.3) is 0 Å². The third kappa shape index (κ3) is 2.27. The van der Waals surface area contributed by atoms with Crippen molar-refractivity contribution in [2.24, 2.45) is 17.6 Å². The van der Waals surface area contributed by atoms with Crippen molar-refractivity contribution in [1.82, 2.24) is 14.1 Å². The Morgan fingerprint density at radius 1 is 1.35 bits per heavy atom. The zero-order chi connectivity index (χ0) is 14.3. The minimum Gasteiger partial charge on any atom is -0.327 e. The van der Waals surface area contributed by atoms with Gasteiger partial charge < -0.3 is 5.73 Å². The van der Waals surface area contributed by atoms with Crippen molar-refractivity contribution in [3.8, 4) is 0 Å². The van der Waals surface area contributed by atoms with Crippen LogP contribution >= 0.6 is 0 Å². The fraction of sp³-hybridized carbons (Fsp3) is 0.769. The monoisotopic (exact) mass is 298 g/mol. The van der Waals surface area contributed by atoms with Crippen molar-refractivity contribution < 1.29 is 8.42 Å². The highest BCUT2D eigenvalue weighted by molar-refractivity contribution is 7.89. The van der Waals surface area contributed by atoms with Gasteiger partial charge in [0.2, 0.25) is 10.0 Å². The third-order valence-electron chi connectivity index (χ3n) is 4.57. The Bertz CT molecular complexity index is 569. The number of hydrogen-bond donors (Lipinski definition) is 1. The van der Waals surface area contributed by atoms with Crippen molar-refractivity contribution in [3.05, 3.63) is 12.4 Å². The van der Waals surface area contributed by atoms with E-state index in [4.69, 9.17) is 5.73 Å². The van der Waals surface area contributed by atoms with Gasteiger partial charge in [-0.05, 0) is 31.1 Å². The Hall–Kier alpha value is -0.920. The van der Waals surface area contributed by atoms with E-state index in [0.29, 0.717) is 29.8 Å². The van der Waals surface area contributed by atoms with Crippen LogP contribution in [0.25, 0.3) is 0 Å². The second-order valence-electron chi connectivity index (χ2n) is 5.94. The molecule has 0 amide bonds. The van der Waals surface area contributed by atoms with E-state index < -0.39 is 10.0 Å². The van der Waals surface area contributed by atoms with Gasteiger partial charge in [0.05, 0.1) is 6.20 Å². The minimum absolute atomic E-state index is 0.171. The average Bonchev–Trinajstić information content (AvgIpc) is 2.93. The first-order chi connectivity index (χ1) is 9.52. The number of piperidine rings is 1.